The maximum atomic E-state index is 5.70. The second kappa shape index (κ2) is 11.5. The van der Waals surface area contributed by atoms with E-state index >= 15 is 0 Å². The van der Waals surface area contributed by atoms with Crippen LogP contribution >= 0.6 is 0 Å². The summed E-state index contributed by atoms with van der Waals surface area (Å²) in [6.45, 7) is 16.7. The molecule has 0 saturated carbocycles. The molecule has 1 aliphatic rings. The average molecular weight is 313 g/mol. The van der Waals surface area contributed by atoms with Crippen LogP contribution in [0.2, 0.25) is 0 Å². The van der Waals surface area contributed by atoms with E-state index < -0.39 is 0 Å². The van der Waals surface area contributed by atoms with Gasteiger partial charge in [-0.05, 0) is 25.7 Å². The first-order valence-electron chi connectivity index (χ1n) is 10.1. The fourth-order valence-corrected chi connectivity index (χ4v) is 4.10. The molecule has 2 atom stereocenters. The standard InChI is InChI=1S/C20H42NO/c1-5-9-11-19(7-3)17-21(13-15-22-16-14-21)18-20(8-4)12-10-6-2/h19-20H,5-18H2,1-4H3/q+1. The van der Waals surface area contributed by atoms with Gasteiger partial charge < -0.3 is 9.22 Å². The summed E-state index contributed by atoms with van der Waals surface area (Å²) in [7, 11) is 0. The van der Waals surface area contributed by atoms with E-state index in [-0.39, 0.29) is 0 Å². The van der Waals surface area contributed by atoms with Gasteiger partial charge in [-0.1, -0.05) is 53.4 Å². The van der Waals surface area contributed by atoms with Crippen LogP contribution in [-0.2, 0) is 4.74 Å². The minimum absolute atomic E-state index is 0.918. The molecule has 0 bridgehead atoms. The van der Waals surface area contributed by atoms with Crippen LogP contribution in [0.25, 0.3) is 0 Å². The summed E-state index contributed by atoms with van der Waals surface area (Å²) in [5.41, 5.74) is 0. The van der Waals surface area contributed by atoms with Gasteiger partial charge in [0.2, 0.25) is 0 Å². The lowest BCUT2D eigenvalue weighted by Crippen LogP contribution is -2.59. The SMILES string of the molecule is CCCCC(CC)C[N+]1(CC(CC)CCCC)CCOCC1. The molecule has 1 saturated heterocycles. The number of hydrogen-bond acceptors (Lipinski definition) is 1. The van der Waals surface area contributed by atoms with Gasteiger partial charge in [0.15, 0.2) is 0 Å². The normalized spacial score (nSPS) is 20.7. The number of morpholine rings is 1. The zero-order chi connectivity index (χ0) is 16.3. The summed E-state index contributed by atoms with van der Waals surface area (Å²) in [4.78, 5) is 0. The predicted octanol–water partition coefficient (Wildman–Crippen LogP) is 5.27. The first-order chi connectivity index (χ1) is 10.7. The van der Waals surface area contributed by atoms with Gasteiger partial charge in [-0.2, -0.15) is 0 Å². The molecule has 0 aromatic rings. The molecule has 0 spiro atoms. The van der Waals surface area contributed by atoms with Gasteiger partial charge in [-0.15, -0.1) is 0 Å². The van der Waals surface area contributed by atoms with E-state index in [0.29, 0.717) is 0 Å². The van der Waals surface area contributed by atoms with Crippen molar-refractivity contribution in [2.24, 2.45) is 11.8 Å². The molecule has 2 nitrogen and oxygen atoms in total. The summed E-state index contributed by atoms with van der Waals surface area (Å²) < 4.78 is 7.05. The Labute approximate surface area is 140 Å². The molecule has 2 heteroatoms. The number of ether oxygens (including phenoxy) is 1. The predicted molar refractivity (Wildman–Crippen MR) is 97.2 cm³/mol. The van der Waals surface area contributed by atoms with E-state index in [1.165, 1.54) is 82.0 Å². The van der Waals surface area contributed by atoms with Gasteiger partial charge in [0.25, 0.3) is 0 Å². The number of hydrogen-bond donors (Lipinski definition) is 0. The molecule has 0 N–H and O–H groups in total. The molecule has 2 unspecified atom stereocenters. The third-order valence-corrected chi connectivity index (χ3v) is 5.80. The van der Waals surface area contributed by atoms with Crippen molar-refractivity contribution in [2.45, 2.75) is 79.1 Å². The van der Waals surface area contributed by atoms with Crippen molar-refractivity contribution in [3.63, 3.8) is 0 Å². The molecule has 1 rings (SSSR count). The minimum atomic E-state index is 0.918. The molecule has 1 fully saturated rings. The Bertz CT molecular complexity index is 240. The molecule has 22 heavy (non-hydrogen) atoms. The topological polar surface area (TPSA) is 9.23 Å². The quantitative estimate of drug-likeness (QED) is 0.446. The van der Waals surface area contributed by atoms with E-state index in [2.05, 4.69) is 27.7 Å². The lowest BCUT2D eigenvalue weighted by molar-refractivity contribution is -0.941. The Morgan fingerprint density at radius 3 is 1.59 bits per heavy atom. The van der Waals surface area contributed by atoms with Crippen molar-refractivity contribution in [3.05, 3.63) is 0 Å². The van der Waals surface area contributed by atoms with Gasteiger partial charge in [-0.25, -0.2) is 0 Å². The Morgan fingerprint density at radius 1 is 0.773 bits per heavy atom. The van der Waals surface area contributed by atoms with E-state index in [0.717, 1.165) is 25.0 Å². The molecular formula is C20H42NO+. The Morgan fingerprint density at radius 2 is 1.23 bits per heavy atom. The number of rotatable bonds is 12. The monoisotopic (exact) mass is 312 g/mol. The third-order valence-electron chi connectivity index (χ3n) is 5.80. The zero-order valence-electron chi connectivity index (χ0n) is 15.9. The van der Waals surface area contributed by atoms with Crippen molar-refractivity contribution in [1.29, 1.82) is 0 Å². The van der Waals surface area contributed by atoms with Gasteiger partial charge in [0.05, 0.1) is 26.3 Å². The molecular weight excluding hydrogens is 270 g/mol. The van der Waals surface area contributed by atoms with E-state index in [4.69, 9.17) is 4.74 Å². The van der Waals surface area contributed by atoms with Crippen molar-refractivity contribution in [3.8, 4) is 0 Å². The summed E-state index contributed by atoms with van der Waals surface area (Å²) in [5.74, 6) is 1.84. The maximum absolute atomic E-state index is 5.70. The number of quaternary nitrogens is 1. The van der Waals surface area contributed by atoms with Gasteiger partial charge in [0.1, 0.15) is 13.1 Å². The molecule has 0 aromatic heterocycles. The van der Waals surface area contributed by atoms with Crippen LogP contribution < -0.4 is 0 Å². The second-order valence-electron chi connectivity index (χ2n) is 7.60. The fourth-order valence-electron chi connectivity index (χ4n) is 4.10. The van der Waals surface area contributed by atoms with Crippen LogP contribution in [-0.4, -0.2) is 43.9 Å². The highest BCUT2D eigenvalue weighted by atomic mass is 16.5. The molecule has 1 aliphatic heterocycles. The lowest BCUT2D eigenvalue weighted by Gasteiger charge is -2.45. The van der Waals surface area contributed by atoms with Crippen LogP contribution in [0.5, 0.6) is 0 Å². The third kappa shape index (κ3) is 7.00. The largest absolute Gasteiger partial charge is 0.370 e. The summed E-state index contributed by atoms with van der Waals surface area (Å²) in [6.07, 6.45) is 11.1. The van der Waals surface area contributed by atoms with Crippen LogP contribution in [0, 0.1) is 11.8 Å². The first-order valence-corrected chi connectivity index (χ1v) is 10.1. The molecule has 0 aliphatic carbocycles. The summed E-state index contributed by atoms with van der Waals surface area (Å²) >= 11 is 0. The smallest absolute Gasteiger partial charge is 0.102 e. The molecule has 0 radical (unpaired) electrons. The van der Waals surface area contributed by atoms with Crippen LogP contribution in [0.3, 0.4) is 0 Å². The van der Waals surface area contributed by atoms with E-state index in [1.807, 2.05) is 0 Å². The molecule has 0 aromatic carbocycles. The highest BCUT2D eigenvalue weighted by molar-refractivity contribution is 4.64. The van der Waals surface area contributed by atoms with Crippen LogP contribution in [0.1, 0.15) is 79.1 Å². The Kier molecular flexibility index (Phi) is 10.4. The summed E-state index contributed by atoms with van der Waals surface area (Å²) in [5, 5.41) is 0. The number of unbranched alkanes of at least 4 members (excludes halogenated alkanes) is 2. The Balaban J connectivity index is 2.66. The van der Waals surface area contributed by atoms with E-state index in [9.17, 15) is 0 Å². The van der Waals surface area contributed by atoms with Crippen LogP contribution in [0.4, 0.5) is 0 Å². The van der Waals surface area contributed by atoms with Crippen molar-refractivity contribution in [1.82, 2.24) is 0 Å². The zero-order valence-corrected chi connectivity index (χ0v) is 15.9. The first kappa shape index (κ1) is 20.0. The summed E-state index contributed by atoms with van der Waals surface area (Å²) in [6, 6.07) is 0. The fraction of sp³-hybridized carbons (Fsp3) is 1.00. The van der Waals surface area contributed by atoms with Crippen molar-refractivity contribution in [2.75, 3.05) is 39.4 Å². The van der Waals surface area contributed by atoms with E-state index in [1.54, 1.807) is 0 Å². The number of nitrogens with zero attached hydrogens (tertiary/aromatic N) is 1. The second-order valence-corrected chi connectivity index (χ2v) is 7.60. The highest BCUT2D eigenvalue weighted by Crippen LogP contribution is 2.25. The van der Waals surface area contributed by atoms with Gasteiger partial charge >= 0.3 is 0 Å². The van der Waals surface area contributed by atoms with Gasteiger partial charge in [0, 0.05) is 11.8 Å². The maximum Gasteiger partial charge on any atom is 0.102 e. The Hall–Kier alpha value is -0.0800. The van der Waals surface area contributed by atoms with Crippen LogP contribution in [0.15, 0.2) is 0 Å². The molecule has 1 heterocycles. The highest BCUT2D eigenvalue weighted by Gasteiger charge is 2.34. The molecule has 0 amide bonds. The van der Waals surface area contributed by atoms with Crippen molar-refractivity contribution < 1.29 is 9.22 Å². The minimum Gasteiger partial charge on any atom is -0.370 e. The average Bonchev–Trinajstić information content (AvgIpc) is 2.56. The van der Waals surface area contributed by atoms with Gasteiger partial charge in [-0.3, -0.25) is 0 Å². The van der Waals surface area contributed by atoms with Crippen molar-refractivity contribution >= 4 is 0 Å². The lowest BCUT2D eigenvalue weighted by atomic mass is 9.93. The molecule has 132 valence electrons.